The van der Waals surface area contributed by atoms with Crippen LogP contribution in [0.5, 0.6) is 0 Å². The molecule has 4 unspecified atom stereocenters. The number of aliphatic hydroxyl groups excluding tert-OH is 7. The number of carbonyl (C=O) groups is 6. The van der Waals surface area contributed by atoms with Crippen LogP contribution in [0.3, 0.4) is 0 Å². The molecule has 4 atom stereocenters. The second-order valence-corrected chi connectivity index (χ2v) is 19.7. The highest BCUT2D eigenvalue weighted by Crippen LogP contribution is 2.41. The molecule has 59 heavy (non-hydrogen) atoms. The zero-order valence-corrected chi connectivity index (χ0v) is 44.9. The maximum Gasteiger partial charge on any atom is 0.224 e. The van der Waals surface area contributed by atoms with Crippen molar-refractivity contribution in [2.24, 2.45) is 0 Å². The fourth-order valence-electron chi connectivity index (χ4n) is 5.73. The maximum atomic E-state index is 13.8. The maximum absolute atomic E-state index is 13.8. The second kappa shape index (κ2) is 26.2. The highest BCUT2D eigenvalue weighted by molar-refractivity contribution is 14.1. The molecule has 0 aliphatic rings. The van der Waals surface area contributed by atoms with Crippen LogP contribution in [-0.2, 0) is 14.3 Å². The van der Waals surface area contributed by atoms with Gasteiger partial charge in [0.1, 0.15) is 6.61 Å². The van der Waals surface area contributed by atoms with Crippen molar-refractivity contribution in [1.29, 1.82) is 0 Å². The van der Waals surface area contributed by atoms with Gasteiger partial charge in [-0.2, -0.15) is 0 Å². The molecule has 22 heteroatoms. The summed E-state index contributed by atoms with van der Waals surface area (Å²) in [5.41, 5.74) is 0.539. The van der Waals surface area contributed by atoms with Gasteiger partial charge in [0.15, 0.2) is 23.1 Å². The van der Waals surface area contributed by atoms with E-state index in [1.807, 2.05) is 136 Å². The topological polar surface area (TPSA) is 260 Å². The van der Waals surface area contributed by atoms with Crippen molar-refractivity contribution in [3.05, 3.63) is 43.7 Å². The number of methoxy groups -OCH3 is 1. The van der Waals surface area contributed by atoms with Crippen molar-refractivity contribution < 1.29 is 69.2 Å². The lowest BCUT2D eigenvalue weighted by molar-refractivity contribution is -0.117. The third kappa shape index (κ3) is 14.6. The summed E-state index contributed by atoms with van der Waals surface area (Å²) in [6, 6.07) is 0. The molecule has 0 spiro atoms. The van der Waals surface area contributed by atoms with Gasteiger partial charge in [-0.15, -0.1) is 0 Å². The minimum absolute atomic E-state index is 0.0591. The van der Waals surface area contributed by atoms with Crippen molar-refractivity contribution in [3.63, 3.8) is 0 Å². The first kappa shape index (κ1) is 55.3. The van der Waals surface area contributed by atoms with Gasteiger partial charge in [0.25, 0.3) is 0 Å². The van der Waals surface area contributed by atoms with E-state index in [0.717, 1.165) is 0 Å². The number of hydrogen-bond acceptors (Lipinski definition) is 14. The molecule has 2 aromatic rings. The van der Waals surface area contributed by atoms with Gasteiger partial charge in [-0.1, -0.05) is 0 Å². The largest absolute Gasteiger partial charge is 0.394 e. The molecule has 2 aromatic carbocycles. The van der Waals surface area contributed by atoms with Gasteiger partial charge >= 0.3 is 0 Å². The molecule has 0 heterocycles. The molecule has 7 N–H and O–H groups in total. The fourth-order valence-corrected chi connectivity index (χ4v) is 15.6. The van der Waals surface area contributed by atoms with E-state index in [2.05, 4.69) is 0 Å². The van der Waals surface area contributed by atoms with Crippen LogP contribution in [0.25, 0.3) is 0 Å². The van der Waals surface area contributed by atoms with E-state index >= 15 is 0 Å². The molecule has 0 saturated heterocycles. The van der Waals surface area contributed by atoms with Crippen LogP contribution in [0.4, 0.5) is 11.4 Å². The van der Waals surface area contributed by atoms with Crippen LogP contribution >= 0.6 is 136 Å². The van der Waals surface area contributed by atoms with E-state index in [1.165, 1.54) is 30.8 Å². The number of amides is 2. The summed E-state index contributed by atoms with van der Waals surface area (Å²) < 4.78 is 6.67. The Morgan fingerprint density at radius 1 is 0.492 bits per heavy atom. The van der Waals surface area contributed by atoms with E-state index in [0.29, 0.717) is 0 Å². The third-order valence-electron chi connectivity index (χ3n) is 8.81. The molecular formula is C37H44I6N2O14. The molecule has 0 bridgehead atoms. The molecule has 2 amide bonds. The SMILES string of the molecule is COCC(=O)c1c(I)c(C(=O)CCC(O)CO)c(I)c(N(CC(O)CN(C(C)=O)c2c(I)c(C(=O)CCC(O)CO)c(I)c(C(=O)CCC(O)CO)c2I)C(C)=O)c1I. The lowest BCUT2D eigenvalue weighted by Crippen LogP contribution is -2.45. The Morgan fingerprint density at radius 2 is 0.763 bits per heavy atom. The minimum atomic E-state index is -1.52. The number of anilines is 2. The van der Waals surface area contributed by atoms with E-state index in [-0.39, 0.29) is 100 Å². The lowest BCUT2D eigenvalue weighted by atomic mass is 9.97. The number of ketones is 4. The molecule has 328 valence electrons. The minimum Gasteiger partial charge on any atom is -0.394 e. The fraction of sp³-hybridized carbons (Fsp3) is 0.514. The number of ether oxygens (including phenoxy) is 1. The Labute approximate surface area is 422 Å². The number of nitrogens with zero attached hydrogens (tertiary/aromatic N) is 2. The molecule has 0 fully saturated rings. The monoisotopic (exact) mass is 1500 g/mol. The van der Waals surface area contributed by atoms with E-state index < -0.39 is 92.3 Å². The standard InChI is InChI=1S/C37H44I6N2O14/c1-16(49)44(36-32(40)26(22(55)7-4-18(51)12-46)30(38)27(33(36)41)23(56)8-5-19(52)13-47)10-21(54)11-45(17(2)50)37-34(42)28(24(57)9-6-20(53)14-48)31(39)29(35(37)43)25(58)15-59-3/h18-21,46-48,51-54H,4-15H2,1-3H3. The van der Waals surface area contributed by atoms with Crippen LogP contribution in [0, 0.1) is 21.4 Å². The zero-order valence-electron chi connectivity index (χ0n) is 31.9. The summed E-state index contributed by atoms with van der Waals surface area (Å²) >= 11 is 11.2. The predicted molar refractivity (Wildman–Crippen MR) is 267 cm³/mol. The lowest BCUT2D eigenvalue weighted by Gasteiger charge is -2.32. The first-order valence-corrected chi connectivity index (χ1v) is 24.2. The van der Waals surface area contributed by atoms with Crippen LogP contribution in [0.2, 0.25) is 0 Å². The Morgan fingerprint density at radius 3 is 1.00 bits per heavy atom. The van der Waals surface area contributed by atoms with Crippen LogP contribution in [0.15, 0.2) is 0 Å². The molecule has 0 aliphatic carbocycles. The molecule has 0 aromatic heterocycles. The number of hydrogen-bond donors (Lipinski definition) is 7. The summed E-state index contributed by atoms with van der Waals surface area (Å²) in [5, 5.41) is 69.6. The highest BCUT2D eigenvalue weighted by atomic mass is 127. The first-order chi connectivity index (χ1) is 27.6. The van der Waals surface area contributed by atoms with E-state index in [9.17, 15) is 64.5 Å². The van der Waals surface area contributed by atoms with Crippen molar-refractivity contribution >= 4 is 182 Å². The summed E-state index contributed by atoms with van der Waals surface area (Å²) in [6.45, 7) is -0.596. The molecule has 2 rings (SSSR count). The first-order valence-electron chi connectivity index (χ1n) is 17.7. The number of Topliss-reactive ketones (excluding diaryl/α,β-unsaturated/α-hetero) is 4. The van der Waals surface area contributed by atoms with Crippen LogP contribution in [0.1, 0.15) is 93.8 Å². The molecule has 0 saturated carbocycles. The Balaban J connectivity index is 2.82. The van der Waals surface area contributed by atoms with Gasteiger partial charge in [-0.3, -0.25) is 28.8 Å². The average Bonchev–Trinajstić information content (AvgIpc) is 3.16. The quantitative estimate of drug-likeness (QED) is 0.0582. The summed E-state index contributed by atoms with van der Waals surface area (Å²) in [4.78, 5) is 83.9. The van der Waals surface area contributed by atoms with E-state index in [1.54, 1.807) is 0 Å². The Kier molecular flexibility index (Phi) is 24.5. The Bertz CT molecular complexity index is 1860. The number of rotatable bonds is 24. The van der Waals surface area contributed by atoms with Crippen molar-refractivity contribution in [2.75, 3.05) is 56.4 Å². The highest BCUT2D eigenvalue weighted by Gasteiger charge is 2.35. The summed E-state index contributed by atoms with van der Waals surface area (Å²) in [5.74, 6) is -3.18. The molecule has 0 radical (unpaired) electrons. The normalized spacial score (nSPS) is 13.4. The van der Waals surface area contributed by atoms with Gasteiger partial charge < -0.3 is 50.3 Å². The van der Waals surface area contributed by atoms with Crippen molar-refractivity contribution in [1.82, 2.24) is 0 Å². The second-order valence-electron chi connectivity index (χ2n) is 13.2. The van der Waals surface area contributed by atoms with E-state index in [4.69, 9.17) is 4.74 Å². The number of aliphatic hydroxyl groups is 7. The van der Waals surface area contributed by atoms with Crippen LogP contribution < -0.4 is 9.80 Å². The molecular weight excluding hydrogens is 1460 g/mol. The molecule has 0 aliphatic heterocycles. The van der Waals surface area contributed by atoms with Gasteiger partial charge in [-0.25, -0.2) is 0 Å². The summed E-state index contributed by atoms with van der Waals surface area (Å²) in [6.07, 6.45) is -5.99. The number of benzene rings is 2. The van der Waals surface area contributed by atoms with Gasteiger partial charge in [0.05, 0.1) is 68.7 Å². The number of halogens is 6. The smallest absolute Gasteiger partial charge is 0.224 e. The Hall–Kier alpha value is 0.120. The van der Waals surface area contributed by atoms with Gasteiger partial charge in [0.2, 0.25) is 11.8 Å². The van der Waals surface area contributed by atoms with Crippen molar-refractivity contribution in [3.8, 4) is 0 Å². The van der Waals surface area contributed by atoms with Crippen LogP contribution in [-0.4, -0.2) is 142 Å². The predicted octanol–water partition coefficient (Wildman–Crippen LogP) is 3.86. The summed E-state index contributed by atoms with van der Waals surface area (Å²) in [7, 11) is 1.32. The van der Waals surface area contributed by atoms with Gasteiger partial charge in [0, 0.05) is 83.9 Å². The van der Waals surface area contributed by atoms with Gasteiger partial charge in [-0.05, 0) is 155 Å². The van der Waals surface area contributed by atoms with Crippen molar-refractivity contribution in [2.45, 2.75) is 76.8 Å². The number of carbonyl (C=O) groups excluding carboxylic acids is 6. The third-order valence-corrected chi connectivity index (χ3v) is 15.2. The molecule has 16 nitrogen and oxygen atoms in total. The zero-order chi connectivity index (χ0) is 45.0. The average molecular weight is 1500 g/mol.